The number of nitrogens with zero attached hydrogens (tertiary/aromatic N) is 1. The predicted octanol–water partition coefficient (Wildman–Crippen LogP) is 2.26. The molecule has 0 N–H and O–H groups in total. The molecule has 0 amide bonds. The molecule has 0 saturated heterocycles. The molecule has 0 aromatic carbocycles. The first-order chi connectivity index (χ1) is 5.83. The van der Waals surface area contributed by atoms with Crippen molar-refractivity contribution in [1.82, 2.24) is 0 Å². The molecule has 12 heavy (non-hydrogen) atoms. The molecule has 0 unspecified atom stereocenters. The fraction of sp³-hybridized carbons (Fsp3) is 0.778. The predicted molar refractivity (Wildman–Crippen MR) is 46.9 cm³/mol. The van der Waals surface area contributed by atoms with E-state index < -0.39 is 0 Å². The van der Waals surface area contributed by atoms with Gasteiger partial charge in [0.2, 0.25) is 0 Å². The summed E-state index contributed by atoms with van der Waals surface area (Å²) in [6, 6.07) is 0. The van der Waals surface area contributed by atoms with E-state index in [9.17, 15) is 4.79 Å². The Hall–Kier alpha value is -0.860. The normalized spacial score (nSPS) is 16.2. The van der Waals surface area contributed by atoms with Crippen LogP contribution in [0.2, 0.25) is 0 Å². The van der Waals surface area contributed by atoms with E-state index in [0.29, 0.717) is 6.42 Å². The lowest BCUT2D eigenvalue weighted by molar-refractivity contribution is -0.143. The molecule has 3 nitrogen and oxygen atoms in total. The number of hydrogen-bond donors (Lipinski definition) is 0. The van der Waals surface area contributed by atoms with Crippen molar-refractivity contribution in [3.8, 4) is 0 Å². The molecule has 0 radical (unpaired) electrons. The van der Waals surface area contributed by atoms with Crippen LogP contribution in [0.25, 0.3) is 0 Å². The molecule has 0 atom stereocenters. The molecule has 0 aromatic rings. The van der Waals surface area contributed by atoms with E-state index in [1.807, 2.05) is 6.92 Å². The molecule has 0 aromatic heterocycles. The third-order valence-electron chi connectivity index (χ3n) is 1.91. The van der Waals surface area contributed by atoms with E-state index in [1.54, 1.807) is 0 Å². The fourth-order valence-electron chi connectivity index (χ4n) is 1.24. The Morgan fingerprint density at radius 2 is 2.17 bits per heavy atom. The molecule has 0 heterocycles. The van der Waals surface area contributed by atoms with Crippen molar-refractivity contribution >= 4 is 11.7 Å². The summed E-state index contributed by atoms with van der Waals surface area (Å²) in [7, 11) is 0. The number of carbonyl (C=O) groups excluding carboxylic acids is 1. The van der Waals surface area contributed by atoms with Gasteiger partial charge in [0.05, 0.1) is 5.71 Å². The van der Waals surface area contributed by atoms with Gasteiger partial charge in [-0.1, -0.05) is 12.1 Å². The third kappa shape index (κ3) is 3.03. The zero-order valence-electron chi connectivity index (χ0n) is 7.51. The summed E-state index contributed by atoms with van der Waals surface area (Å²) in [4.78, 5) is 15.6. The van der Waals surface area contributed by atoms with Crippen LogP contribution >= 0.6 is 0 Å². The number of carbonyl (C=O) groups is 1. The van der Waals surface area contributed by atoms with Crippen LogP contribution in [-0.4, -0.2) is 11.7 Å². The van der Waals surface area contributed by atoms with Crippen LogP contribution in [0.1, 0.15) is 45.4 Å². The highest BCUT2D eigenvalue weighted by Crippen LogP contribution is 2.14. The van der Waals surface area contributed by atoms with Gasteiger partial charge in [-0.05, 0) is 32.1 Å². The van der Waals surface area contributed by atoms with Gasteiger partial charge in [-0.25, -0.2) is 4.79 Å². The summed E-state index contributed by atoms with van der Waals surface area (Å²) in [5, 5.41) is 3.81. The molecule has 0 bridgehead atoms. The van der Waals surface area contributed by atoms with Crippen molar-refractivity contribution in [3.63, 3.8) is 0 Å². The summed E-state index contributed by atoms with van der Waals surface area (Å²) in [5.41, 5.74) is 1.04. The average Bonchev–Trinajstić information content (AvgIpc) is 2.53. The van der Waals surface area contributed by atoms with Crippen LogP contribution in [0.3, 0.4) is 0 Å². The second-order valence-corrected chi connectivity index (χ2v) is 3.08. The quantitative estimate of drug-likeness (QED) is 0.480. The Kier molecular flexibility index (Phi) is 3.77. The number of rotatable bonds is 3. The van der Waals surface area contributed by atoms with Crippen LogP contribution in [-0.2, 0) is 9.63 Å². The summed E-state index contributed by atoms with van der Waals surface area (Å²) in [6.45, 7) is 1.95. The first-order valence-electron chi connectivity index (χ1n) is 4.58. The topological polar surface area (TPSA) is 38.7 Å². The minimum atomic E-state index is -0.211. The van der Waals surface area contributed by atoms with Crippen LogP contribution in [0, 0.1) is 0 Å². The van der Waals surface area contributed by atoms with Gasteiger partial charge in [0.1, 0.15) is 0 Å². The molecule has 1 aliphatic rings. The highest BCUT2D eigenvalue weighted by molar-refractivity contribution is 5.86. The standard InChI is InChI=1S/C9H15NO2/c1-2-5-9(11)12-10-8-6-3-4-7-8/h2-7H2,1H3. The molecule has 0 spiro atoms. The van der Waals surface area contributed by atoms with Gasteiger partial charge in [-0.3, -0.25) is 0 Å². The summed E-state index contributed by atoms with van der Waals surface area (Å²) in [5.74, 6) is -0.211. The Labute approximate surface area is 72.8 Å². The first-order valence-corrected chi connectivity index (χ1v) is 4.58. The van der Waals surface area contributed by atoms with E-state index in [4.69, 9.17) is 4.84 Å². The van der Waals surface area contributed by atoms with Gasteiger partial charge in [0, 0.05) is 6.42 Å². The second kappa shape index (κ2) is 4.91. The van der Waals surface area contributed by atoms with Crippen LogP contribution in [0.4, 0.5) is 0 Å². The first kappa shape index (κ1) is 9.23. The molecule has 1 saturated carbocycles. The summed E-state index contributed by atoms with van der Waals surface area (Å²) in [6.07, 6.45) is 5.66. The van der Waals surface area contributed by atoms with Crippen molar-refractivity contribution in [2.75, 3.05) is 0 Å². The second-order valence-electron chi connectivity index (χ2n) is 3.08. The van der Waals surface area contributed by atoms with Gasteiger partial charge in [0.25, 0.3) is 0 Å². The number of hydrogen-bond acceptors (Lipinski definition) is 3. The van der Waals surface area contributed by atoms with Crippen LogP contribution in [0.5, 0.6) is 0 Å². The van der Waals surface area contributed by atoms with Gasteiger partial charge >= 0.3 is 5.97 Å². The third-order valence-corrected chi connectivity index (χ3v) is 1.91. The minimum absolute atomic E-state index is 0.211. The maximum Gasteiger partial charge on any atom is 0.334 e. The van der Waals surface area contributed by atoms with Gasteiger partial charge in [0.15, 0.2) is 0 Å². The number of oxime groups is 1. The van der Waals surface area contributed by atoms with Crippen LogP contribution in [0.15, 0.2) is 5.16 Å². The lowest BCUT2D eigenvalue weighted by Crippen LogP contribution is -2.01. The van der Waals surface area contributed by atoms with Gasteiger partial charge in [-0.15, -0.1) is 0 Å². The minimum Gasteiger partial charge on any atom is -0.318 e. The lowest BCUT2D eigenvalue weighted by Gasteiger charge is -1.96. The average molecular weight is 169 g/mol. The smallest absolute Gasteiger partial charge is 0.318 e. The Morgan fingerprint density at radius 1 is 1.50 bits per heavy atom. The van der Waals surface area contributed by atoms with Gasteiger partial charge in [-0.2, -0.15) is 0 Å². The molecule has 1 aliphatic carbocycles. The fourth-order valence-corrected chi connectivity index (χ4v) is 1.24. The zero-order valence-corrected chi connectivity index (χ0v) is 7.51. The van der Waals surface area contributed by atoms with E-state index in [0.717, 1.165) is 25.0 Å². The molecular weight excluding hydrogens is 154 g/mol. The van der Waals surface area contributed by atoms with Crippen LogP contribution < -0.4 is 0 Å². The largest absolute Gasteiger partial charge is 0.334 e. The summed E-state index contributed by atoms with van der Waals surface area (Å²) < 4.78 is 0. The maximum atomic E-state index is 10.9. The molecule has 0 aliphatic heterocycles. The Morgan fingerprint density at radius 3 is 2.75 bits per heavy atom. The van der Waals surface area contributed by atoms with Crippen molar-refractivity contribution in [2.24, 2.45) is 5.16 Å². The van der Waals surface area contributed by atoms with Gasteiger partial charge < -0.3 is 4.84 Å². The van der Waals surface area contributed by atoms with Crippen molar-refractivity contribution < 1.29 is 9.63 Å². The van der Waals surface area contributed by atoms with E-state index >= 15 is 0 Å². The Balaban J connectivity index is 2.22. The summed E-state index contributed by atoms with van der Waals surface area (Å²) >= 11 is 0. The Bertz CT molecular complexity index is 179. The van der Waals surface area contributed by atoms with Crippen molar-refractivity contribution in [1.29, 1.82) is 0 Å². The molecule has 3 heteroatoms. The van der Waals surface area contributed by atoms with E-state index in [2.05, 4.69) is 5.16 Å². The lowest BCUT2D eigenvalue weighted by atomic mass is 10.3. The highest BCUT2D eigenvalue weighted by Gasteiger charge is 2.09. The molecule has 1 fully saturated rings. The molecule has 68 valence electrons. The van der Waals surface area contributed by atoms with Crippen molar-refractivity contribution in [3.05, 3.63) is 0 Å². The van der Waals surface area contributed by atoms with E-state index in [-0.39, 0.29) is 5.97 Å². The SMILES string of the molecule is CCCC(=O)ON=C1CCCC1. The van der Waals surface area contributed by atoms with Crippen molar-refractivity contribution in [2.45, 2.75) is 45.4 Å². The molecule has 1 rings (SSSR count). The zero-order chi connectivity index (χ0) is 8.81. The maximum absolute atomic E-state index is 10.9. The van der Waals surface area contributed by atoms with E-state index in [1.165, 1.54) is 12.8 Å². The monoisotopic (exact) mass is 169 g/mol. The highest BCUT2D eigenvalue weighted by atomic mass is 16.7. The molecular formula is C9H15NO2.